The summed E-state index contributed by atoms with van der Waals surface area (Å²) >= 11 is 1.33. The molecule has 7 nitrogen and oxygen atoms in total. The molecule has 0 spiro atoms. The number of aryl methyl sites for hydroxylation is 1. The SMILES string of the molecule is CC[C@@H]1CN(Cc2cc(C(c3ccc(C(C)=O)s3)C(C)(C)OC=O)ccc2C)S(=O)(=O)c2c(F)cccc2O1. The highest BCUT2D eigenvalue weighted by atomic mass is 32.2. The number of sulfonamides is 1. The van der Waals surface area contributed by atoms with E-state index in [9.17, 15) is 22.4 Å². The number of hydrogen-bond acceptors (Lipinski definition) is 7. The van der Waals surface area contributed by atoms with Crippen molar-refractivity contribution in [2.24, 2.45) is 0 Å². The van der Waals surface area contributed by atoms with Crippen molar-refractivity contribution in [1.82, 2.24) is 4.31 Å². The Labute approximate surface area is 232 Å². The number of ketones is 1. The second-order valence-corrected chi connectivity index (χ2v) is 13.2. The van der Waals surface area contributed by atoms with E-state index in [2.05, 4.69) is 0 Å². The van der Waals surface area contributed by atoms with Gasteiger partial charge in [-0.3, -0.25) is 9.59 Å². The molecule has 2 heterocycles. The van der Waals surface area contributed by atoms with Gasteiger partial charge in [-0.25, -0.2) is 12.8 Å². The maximum atomic E-state index is 14.8. The van der Waals surface area contributed by atoms with Gasteiger partial charge in [0.2, 0.25) is 10.0 Å². The zero-order valence-corrected chi connectivity index (χ0v) is 24.2. The highest BCUT2D eigenvalue weighted by Crippen LogP contribution is 2.41. The molecule has 0 N–H and O–H groups in total. The Kier molecular flexibility index (Phi) is 8.30. The van der Waals surface area contributed by atoms with E-state index in [0.29, 0.717) is 17.8 Å². The summed E-state index contributed by atoms with van der Waals surface area (Å²) in [4.78, 5) is 24.3. The second kappa shape index (κ2) is 11.2. The number of ether oxygens (including phenoxy) is 2. The van der Waals surface area contributed by atoms with Crippen LogP contribution in [0, 0.1) is 12.7 Å². The minimum absolute atomic E-state index is 0.000460. The smallest absolute Gasteiger partial charge is 0.293 e. The minimum Gasteiger partial charge on any atom is -0.488 e. The van der Waals surface area contributed by atoms with Crippen LogP contribution >= 0.6 is 11.3 Å². The fraction of sp³-hybridized carbons (Fsp3) is 0.379. The normalized spacial score (nSPS) is 17.9. The number of Topliss-reactive ketones (excluding diaryl/α,β-unsaturated/α-hetero) is 1. The van der Waals surface area contributed by atoms with Gasteiger partial charge in [0.25, 0.3) is 6.47 Å². The lowest BCUT2D eigenvalue weighted by Gasteiger charge is -2.33. The third-order valence-corrected chi connectivity index (χ3v) is 10.2. The largest absolute Gasteiger partial charge is 0.488 e. The van der Waals surface area contributed by atoms with Gasteiger partial charge in [-0.15, -0.1) is 11.3 Å². The average molecular weight is 574 g/mol. The summed E-state index contributed by atoms with van der Waals surface area (Å²) in [6.07, 6.45) is 0.0899. The van der Waals surface area contributed by atoms with Gasteiger partial charge in [0.15, 0.2) is 10.7 Å². The Bertz CT molecular complexity index is 1500. The fourth-order valence-electron chi connectivity index (χ4n) is 4.89. The third kappa shape index (κ3) is 5.78. The lowest BCUT2D eigenvalue weighted by molar-refractivity contribution is -0.141. The monoisotopic (exact) mass is 573 g/mol. The van der Waals surface area contributed by atoms with E-state index in [1.165, 1.54) is 34.7 Å². The van der Waals surface area contributed by atoms with Crippen LogP contribution < -0.4 is 4.74 Å². The molecule has 1 aromatic heterocycles. The molecule has 2 atom stereocenters. The van der Waals surface area contributed by atoms with Crippen LogP contribution in [0.4, 0.5) is 4.39 Å². The Morgan fingerprint density at radius 2 is 2.00 bits per heavy atom. The van der Waals surface area contributed by atoms with Crippen molar-refractivity contribution in [3.8, 4) is 5.75 Å². The number of thiophene rings is 1. The number of nitrogens with zero attached hydrogens (tertiary/aromatic N) is 1. The van der Waals surface area contributed by atoms with Gasteiger partial charge in [-0.2, -0.15) is 4.31 Å². The molecule has 0 bridgehead atoms. The first kappa shape index (κ1) is 28.9. The van der Waals surface area contributed by atoms with Crippen molar-refractivity contribution in [3.05, 3.63) is 80.8 Å². The van der Waals surface area contributed by atoms with Crippen molar-refractivity contribution >= 4 is 33.6 Å². The molecule has 0 radical (unpaired) electrons. The van der Waals surface area contributed by atoms with E-state index < -0.39 is 38.4 Å². The van der Waals surface area contributed by atoms with Gasteiger partial charge in [0.05, 0.1) is 17.3 Å². The standard InChI is InChI=1S/C29H32FNO6S2/c1-6-22-16-31(39(34,35)28-23(30)8-7-9-24(28)37-22)15-21-14-20(11-10-18(21)2)27(29(4,5)36-17-32)26-13-12-25(38-26)19(3)33/h7-14,17,22,27H,6,15-16H2,1-5H3/t22-,27?/m1/s1. The molecule has 1 unspecified atom stereocenters. The molecule has 1 aliphatic rings. The molecule has 1 aliphatic heterocycles. The van der Waals surface area contributed by atoms with Gasteiger partial charge < -0.3 is 9.47 Å². The summed E-state index contributed by atoms with van der Waals surface area (Å²) in [5, 5.41) is 0. The van der Waals surface area contributed by atoms with E-state index in [0.717, 1.165) is 27.6 Å². The number of carbonyl (C=O) groups is 2. The van der Waals surface area contributed by atoms with E-state index in [1.807, 2.05) is 38.1 Å². The van der Waals surface area contributed by atoms with Crippen LogP contribution in [0.3, 0.4) is 0 Å². The number of carbonyl (C=O) groups excluding carboxylic acids is 2. The molecule has 4 rings (SSSR count). The summed E-state index contributed by atoms with van der Waals surface area (Å²) < 4.78 is 54.9. The lowest BCUT2D eigenvalue weighted by atomic mass is 9.82. The molecule has 2 aromatic carbocycles. The molecule has 3 aromatic rings. The molecule has 0 amide bonds. The van der Waals surface area contributed by atoms with Crippen molar-refractivity contribution in [3.63, 3.8) is 0 Å². The minimum atomic E-state index is -4.21. The van der Waals surface area contributed by atoms with Gasteiger partial charge in [0.1, 0.15) is 23.3 Å². The predicted molar refractivity (Wildman–Crippen MR) is 147 cm³/mol. The van der Waals surface area contributed by atoms with Crippen molar-refractivity contribution in [1.29, 1.82) is 0 Å². The lowest BCUT2D eigenvalue weighted by Crippen LogP contribution is -2.37. The summed E-state index contributed by atoms with van der Waals surface area (Å²) in [5.74, 6) is -1.32. The summed E-state index contributed by atoms with van der Waals surface area (Å²) in [6, 6.07) is 13.3. The highest BCUT2D eigenvalue weighted by Gasteiger charge is 2.38. The Hall–Kier alpha value is -3.08. The maximum Gasteiger partial charge on any atom is 0.293 e. The summed E-state index contributed by atoms with van der Waals surface area (Å²) in [6.45, 7) is 9.32. The van der Waals surface area contributed by atoms with Crippen LogP contribution in [0.15, 0.2) is 53.4 Å². The predicted octanol–water partition coefficient (Wildman–Crippen LogP) is 5.84. The first-order valence-corrected chi connectivity index (χ1v) is 14.9. The first-order valence-electron chi connectivity index (χ1n) is 12.7. The molecular formula is C29H32FNO6S2. The molecule has 10 heteroatoms. The van der Waals surface area contributed by atoms with Gasteiger partial charge in [0, 0.05) is 11.4 Å². The van der Waals surface area contributed by atoms with Gasteiger partial charge in [-0.05, 0) is 75.1 Å². The molecule has 0 aliphatic carbocycles. The topological polar surface area (TPSA) is 90.0 Å². The molecule has 0 saturated heterocycles. The Balaban J connectivity index is 1.79. The van der Waals surface area contributed by atoms with Gasteiger partial charge in [-0.1, -0.05) is 31.2 Å². The van der Waals surface area contributed by atoms with Gasteiger partial charge >= 0.3 is 0 Å². The molecule has 39 heavy (non-hydrogen) atoms. The highest BCUT2D eigenvalue weighted by molar-refractivity contribution is 7.89. The number of benzene rings is 2. The van der Waals surface area contributed by atoms with E-state index >= 15 is 0 Å². The quantitative estimate of drug-likeness (QED) is 0.236. The van der Waals surface area contributed by atoms with Crippen LogP contribution in [-0.2, 0) is 26.1 Å². The molecular weight excluding hydrogens is 541 g/mol. The van der Waals surface area contributed by atoms with Crippen LogP contribution in [0.5, 0.6) is 5.75 Å². The molecule has 0 saturated carbocycles. The Morgan fingerprint density at radius 1 is 1.26 bits per heavy atom. The van der Waals surface area contributed by atoms with E-state index in [-0.39, 0.29) is 24.6 Å². The fourth-order valence-corrected chi connectivity index (χ4v) is 7.72. The van der Waals surface area contributed by atoms with Crippen LogP contribution in [0.25, 0.3) is 0 Å². The number of fused-ring (bicyclic) bond motifs is 1. The molecule has 208 valence electrons. The number of halogens is 1. The van der Waals surface area contributed by atoms with Crippen molar-refractivity contribution in [2.45, 2.75) is 70.1 Å². The van der Waals surface area contributed by atoms with E-state index in [4.69, 9.17) is 9.47 Å². The Morgan fingerprint density at radius 3 is 2.64 bits per heavy atom. The first-order chi connectivity index (χ1) is 18.4. The average Bonchev–Trinajstić information content (AvgIpc) is 3.30. The van der Waals surface area contributed by atoms with Crippen LogP contribution in [0.1, 0.15) is 71.3 Å². The van der Waals surface area contributed by atoms with Crippen LogP contribution in [-0.4, -0.2) is 43.2 Å². The second-order valence-electron chi connectivity index (χ2n) is 10.2. The number of hydrogen-bond donors (Lipinski definition) is 0. The zero-order valence-electron chi connectivity index (χ0n) is 22.6. The van der Waals surface area contributed by atoms with Crippen LogP contribution in [0.2, 0.25) is 0 Å². The summed E-state index contributed by atoms with van der Waals surface area (Å²) in [7, 11) is -4.21. The molecule has 0 fully saturated rings. The zero-order chi connectivity index (χ0) is 28.5. The number of rotatable bonds is 9. The van der Waals surface area contributed by atoms with E-state index in [1.54, 1.807) is 19.9 Å². The summed E-state index contributed by atoms with van der Waals surface area (Å²) in [5.41, 5.74) is 1.40. The van der Waals surface area contributed by atoms with Crippen molar-refractivity contribution in [2.75, 3.05) is 6.54 Å². The van der Waals surface area contributed by atoms with Crippen molar-refractivity contribution < 1.29 is 31.9 Å². The third-order valence-electron chi connectivity index (χ3n) is 7.04. The maximum absolute atomic E-state index is 14.8.